The second-order valence-electron chi connectivity index (χ2n) is 4.13. The van der Waals surface area contributed by atoms with Gasteiger partial charge in [0, 0.05) is 11.6 Å². The normalized spacial score (nSPS) is 17.8. The average Bonchev–Trinajstić information content (AvgIpc) is 2.41. The van der Waals surface area contributed by atoms with E-state index in [-0.39, 0.29) is 10.3 Å². The third-order valence-corrected chi connectivity index (χ3v) is 3.34. The molecule has 1 aliphatic heterocycles. The minimum absolute atomic E-state index is 0.0835. The van der Waals surface area contributed by atoms with E-state index in [1.807, 2.05) is 13.8 Å². The lowest BCUT2D eigenvalue weighted by Gasteiger charge is -2.15. The fourth-order valence-electron chi connectivity index (χ4n) is 1.60. The summed E-state index contributed by atoms with van der Waals surface area (Å²) in [4.78, 5) is 4.09. The van der Waals surface area contributed by atoms with Crippen molar-refractivity contribution in [3.05, 3.63) is 23.8 Å². The largest absolute Gasteiger partial charge is 0.294 e. The summed E-state index contributed by atoms with van der Waals surface area (Å²) in [5, 5.41) is 0. The minimum Gasteiger partial charge on any atom is -0.282 e. The van der Waals surface area contributed by atoms with Gasteiger partial charge in [0.15, 0.2) is 0 Å². The summed E-state index contributed by atoms with van der Waals surface area (Å²) in [6.45, 7) is 3.88. The Morgan fingerprint density at radius 2 is 2.00 bits per heavy atom. The molecule has 0 atom stereocenters. The van der Waals surface area contributed by atoms with Crippen LogP contribution in [0.1, 0.15) is 19.4 Å². The summed E-state index contributed by atoms with van der Waals surface area (Å²) >= 11 is 0. The maximum absolute atomic E-state index is 11.0. The lowest BCUT2D eigenvalue weighted by atomic mass is 9.87. The van der Waals surface area contributed by atoms with Crippen LogP contribution in [0.3, 0.4) is 0 Å². The average molecular weight is 225 g/mol. The van der Waals surface area contributed by atoms with Gasteiger partial charge < -0.3 is 0 Å². The van der Waals surface area contributed by atoms with Crippen molar-refractivity contribution < 1.29 is 13.0 Å². The fourth-order valence-corrected chi connectivity index (χ4v) is 2.11. The highest BCUT2D eigenvalue weighted by molar-refractivity contribution is 7.85. The maximum atomic E-state index is 11.0. The number of rotatable bonds is 1. The standard InChI is InChI=1S/C10H11NO3S/c1-10(2)6-11-9-4-3-7(5-8(9)10)15(12,13)14/h3-6H,1-2H3,(H,12,13,14). The molecule has 0 bridgehead atoms. The number of hydrogen-bond acceptors (Lipinski definition) is 3. The van der Waals surface area contributed by atoms with Crippen molar-refractivity contribution in [3.63, 3.8) is 0 Å². The maximum Gasteiger partial charge on any atom is 0.294 e. The number of nitrogens with zero attached hydrogens (tertiary/aromatic N) is 1. The topological polar surface area (TPSA) is 66.7 Å². The van der Waals surface area contributed by atoms with E-state index < -0.39 is 10.1 Å². The Bertz CT molecular complexity index is 544. The van der Waals surface area contributed by atoms with Crippen molar-refractivity contribution in [2.75, 3.05) is 0 Å². The van der Waals surface area contributed by atoms with Gasteiger partial charge in [-0.3, -0.25) is 9.55 Å². The summed E-state index contributed by atoms with van der Waals surface area (Å²) < 4.78 is 30.8. The van der Waals surface area contributed by atoms with Gasteiger partial charge in [0.1, 0.15) is 0 Å². The SMILES string of the molecule is CC1(C)C=Nc2ccc(S(=O)(=O)O)cc21. The van der Waals surface area contributed by atoms with Crippen molar-refractivity contribution in [2.45, 2.75) is 24.2 Å². The summed E-state index contributed by atoms with van der Waals surface area (Å²) in [5.41, 5.74) is 1.29. The highest BCUT2D eigenvalue weighted by atomic mass is 32.2. The van der Waals surface area contributed by atoms with Crippen LogP contribution in [0.25, 0.3) is 0 Å². The van der Waals surface area contributed by atoms with Gasteiger partial charge in [-0.05, 0) is 23.8 Å². The first-order valence-corrected chi connectivity index (χ1v) is 5.92. The van der Waals surface area contributed by atoms with Crippen molar-refractivity contribution in [1.82, 2.24) is 0 Å². The smallest absolute Gasteiger partial charge is 0.282 e. The summed E-state index contributed by atoms with van der Waals surface area (Å²) in [7, 11) is -4.13. The molecular weight excluding hydrogens is 214 g/mol. The Morgan fingerprint density at radius 1 is 1.33 bits per heavy atom. The van der Waals surface area contributed by atoms with Gasteiger partial charge in [0.05, 0.1) is 10.6 Å². The number of hydrogen-bond donors (Lipinski definition) is 1. The number of aliphatic imine (C=N–C) groups is 1. The van der Waals surface area contributed by atoms with Gasteiger partial charge in [-0.15, -0.1) is 0 Å². The van der Waals surface area contributed by atoms with Crippen LogP contribution in [0.15, 0.2) is 28.1 Å². The Balaban J connectivity index is 2.64. The van der Waals surface area contributed by atoms with Crippen LogP contribution in [0.5, 0.6) is 0 Å². The Kier molecular flexibility index (Phi) is 1.99. The summed E-state index contributed by atoms with van der Waals surface area (Å²) in [5.74, 6) is 0. The molecular formula is C10H11NO3S. The van der Waals surface area contributed by atoms with Crippen LogP contribution in [0.4, 0.5) is 5.69 Å². The van der Waals surface area contributed by atoms with E-state index in [2.05, 4.69) is 4.99 Å². The Hall–Kier alpha value is -1.20. The van der Waals surface area contributed by atoms with Crippen LogP contribution in [-0.2, 0) is 15.5 Å². The zero-order valence-electron chi connectivity index (χ0n) is 8.43. The molecule has 15 heavy (non-hydrogen) atoms. The van der Waals surface area contributed by atoms with E-state index in [0.717, 1.165) is 11.3 Å². The Labute approximate surface area is 88.4 Å². The molecule has 2 rings (SSSR count). The molecule has 0 aromatic heterocycles. The second kappa shape index (κ2) is 2.90. The van der Waals surface area contributed by atoms with Crippen molar-refractivity contribution in [2.24, 2.45) is 4.99 Å². The predicted molar refractivity (Wildman–Crippen MR) is 57.4 cm³/mol. The van der Waals surface area contributed by atoms with Gasteiger partial charge in [0.2, 0.25) is 0 Å². The third-order valence-electron chi connectivity index (χ3n) is 2.49. The van der Waals surface area contributed by atoms with Crippen LogP contribution in [0, 0.1) is 0 Å². The van der Waals surface area contributed by atoms with E-state index in [1.54, 1.807) is 12.3 Å². The Morgan fingerprint density at radius 3 is 2.60 bits per heavy atom. The molecule has 0 radical (unpaired) electrons. The molecule has 5 heteroatoms. The molecule has 0 aliphatic carbocycles. The first kappa shape index (κ1) is 10.3. The van der Waals surface area contributed by atoms with E-state index in [1.165, 1.54) is 12.1 Å². The molecule has 1 aromatic rings. The second-order valence-corrected chi connectivity index (χ2v) is 5.56. The van der Waals surface area contributed by atoms with Crippen molar-refractivity contribution >= 4 is 22.0 Å². The molecule has 0 saturated heterocycles. The predicted octanol–water partition coefficient (Wildman–Crippen LogP) is 1.93. The molecule has 0 unspecified atom stereocenters. The highest BCUT2D eigenvalue weighted by Crippen LogP contribution is 2.37. The van der Waals surface area contributed by atoms with E-state index >= 15 is 0 Å². The number of fused-ring (bicyclic) bond motifs is 1. The fraction of sp³-hybridized carbons (Fsp3) is 0.300. The van der Waals surface area contributed by atoms with Crippen molar-refractivity contribution in [1.29, 1.82) is 0 Å². The quantitative estimate of drug-likeness (QED) is 0.742. The lowest BCUT2D eigenvalue weighted by molar-refractivity contribution is 0.483. The molecule has 0 spiro atoms. The highest BCUT2D eigenvalue weighted by Gasteiger charge is 2.27. The van der Waals surface area contributed by atoms with E-state index in [9.17, 15) is 8.42 Å². The molecule has 0 amide bonds. The molecule has 0 saturated carbocycles. The van der Waals surface area contributed by atoms with E-state index in [4.69, 9.17) is 4.55 Å². The summed E-state index contributed by atoms with van der Waals surface area (Å²) in [6, 6.07) is 4.42. The zero-order valence-corrected chi connectivity index (χ0v) is 9.25. The van der Waals surface area contributed by atoms with Gasteiger partial charge in [-0.1, -0.05) is 13.8 Å². The van der Waals surface area contributed by atoms with Crippen molar-refractivity contribution in [3.8, 4) is 0 Å². The van der Waals surface area contributed by atoms with Gasteiger partial charge in [-0.25, -0.2) is 0 Å². The lowest BCUT2D eigenvalue weighted by Crippen LogP contribution is -2.15. The minimum atomic E-state index is -4.13. The molecule has 0 fully saturated rings. The van der Waals surface area contributed by atoms with Crippen LogP contribution in [-0.4, -0.2) is 19.2 Å². The number of benzene rings is 1. The first-order chi connectivity index (χ1) is 6.81. The van der Waals surface area contributed by atoms with Gasteiger partial charge in [-0.2, -0.15) is 8.42 Å². The molecule has 1 aliphatic rings. The molecule has 80 valence electrons. The van der Waals surface area contributed by atoms with Gasteiger partial charge in [0.25, 0.3) is 10.1 Å². The molecule has 1 aromatic carbocycles. The third kappa shape index (κ3) is 1.68. The molecule has 1 heterocycles. The van der Waals surface area contributed by atoms with Crippen LogP contribution in [0.2, 0.25) is 0 Å². The van der Waals surface area contributed by atoms with E-state index in [0.29, 0.717) is 0 Å². The van der Waals surface area contributed by atoms with Gasteiger partial charge >= 0.3 is 0 Å². The van der Waals surface area contributed by atoms with Crippen LogP contribution < -0.4 is 0 Å². The monoisotopic (exact) mass is 225 g/mol. The first-order valence-electron chi connectivity index (χ1n) is 4.48. The zero-order chi connectivity index (χ0) is 11.3. The summed E-state index contributed by atoms with van der Waals surface area (Å²) in [6.07, 6.45) is 1.77. The molecule has 1 N–H and O–H groups in total. The van der Waals surface area contributed by atoms with Crippen LogP contribution >= 0.6 is 0 Å². The molecule has 4 nitrogen and oxygen atoms in total.